The molecule has 3 fully saturated rings. The first-order valence-corrected chi connectivity index (χ1v) is 24.9. The number of amides is 5. The summed E-state index contributed by atoms with van der Waals surface area (Å²) < 4.78 is 8.13. The summed E-state index contributed by atoms with van der Waals surface area (Å²) in [6, 6.07) is 7.76. The minimum atomic E-state index is -1.09. The lowest BCUT2D eigenvalue weighted by atomic mass is 9.84. The monoisotopic (exact) mass is 955 g/mol. The van der Waals surface area contributed by atoms with E-state index < -0.39 is 35.5 Å². The number of aromatic nitrogens is 3. The maximum atomic E-state index is 14.7. The van der Waals surface area contributed by atoms with Crippen LogP contribution >= 0.6 is 11.3 Å². The van der Waals surface area contributed by atoms with Crippen LogP contribution in [0.1, 0.15) is 89.6 Å². The zero-order chi connectivity index (χ0) is 48.6. The van der Waals surface area contributed by atoms with Gasteiger partial charge >= 0.3 is 12.2 Å². The van der Waals surface area contributed by atoms with Crippen LogP contribution in [0.4, 0.5) is 4.79 Å². The summed E-state index contributed by atoms with van der Waals surface area (Å²) in [7, 11) is 5.09. The van der Waals surface area contributed by atoms with Crippen LogP contribution in [0.5, 0.6) is 0 Å². The van der Waals surface area contributed by atoms with Gasteiger partial charge in [0.05, 0.1) is 39.1 Å². The van der Waals surface area contributed by atoms with Crippen LogP contribution in [-0.4, -0.2) is 147 Å². The molecule has 68 heavy (non-hydrogen) atoms. The summed E-state index contributed by atoms with van der Waals surface area (Å²) in [6.07, 6.45) is 3.75. The summed E-state index contributed by atoms with van der Waals surface area (Å²) in [5, 5.41) is 11.2. The number of ether oxygens (including phenoxy) is 1. The van der Waals surface area contributed by atoms with Crippen LogP contribution in [-0.2, 0) is 43.3 Å². The number of benzene rings is 1. The fourth-order valence-corrected chi connectivity index (χ4v) is 11.0. The molecule has 4 aliphatic rings. The minimum Gasteiger partial charge on any atom is -0.375 e. The lowest BCUT2D eigenvalue weighted by Crippen LogP contribution is -2.63. The number of nitrogens with zero attached hydrogens (tertiary/aromatic N) is 8. The highest BCUT2D eigenvalue weighted by Gasteiger charge is 2.42. The average molecular weight is 955 g/mol. The molecule has 4 aromatic rings. The number of hydrazine groups is 1. The molecule has 4 aliphatic heterocycles. The molecule has 0 saturated carbocycles. The van der Waals surface area contributed by atoms with Crippen molar-refractivity contribution in [3.05, 3.63) is 63.1 Å². The van der Waals surface area contributed by atoms with Crippen molar-refractivity contribution in [3.8, 4) is 22.5 Å². The molecule has 0 aliphatic carbocycles. The Morgan fingerprint density at radius 3 is 2.60 bits per heavy atom. The number of carbonyl (C=O) groups is 4. The van der Waals surface area contributed by atoms with E-state index in [4.69, 9.17) is 19.5 Å². The van der Waals surface area contributed by atoms with Gasteiger partial charge in [0, 0.05) is 112 Å². The fourth-order valence-electron chi connectivity index (χ4n) is 10.1. The molecule has 19 heteroatoms. The van der Waals surface area contributed by atoms with Crippen molar-refractivity contribution in [1.29, 1.82) is 0 Å². The molecule has 3 saturated heterocycles. The first kappa shape index (κ1) is 48.9. The number of aryl methyl sites for hydroxylation is 1. The van der Waals surface area contributed by atoms with Crippen LogP contribution in [0.15, 0.2) is 41.9 Å². The van der Waals surface area contributed by atoms with Gasteiger partial charge in [-0.05, 0) is 75.3 Å². The molecule has 3 N–H and O–H groups in total. The Morgan fingerprint density at radius 2 is 1.88 bits per heavy atom. The summed E-state index contributed by atoms with van der Waals surface area (Å²) in [4.78, 5) is 91.6. The van der Waals surface area contributed by atoms with Gasteiger partial charge in [-0.3, -0.25) is 24.4 Å². The van der Waals surface area contributed by atoms with Crippen molar-refractivity contribution < 1.29 is 33.7 Å². The molecule has 8 rings (SSSR count). The van der Waals surface area contributed by atoms with Gasteiger partial charge in [0.25, 0.3) is 5.91 Å². The summed E-state index contributed by atoms with van der Waals surface area (Å²) in [5.74, 6) is -1.21. The van der Waals surface area contributed by atoms with Gasteiger partial charge in [-0.1, -0.05) is 33.8 Å². The molecular formula is C49H68N11O7S+. The van der Waals surface area contributed by atoms with E-state index in [1.54, 1.807) is 37.2 Å². The fraction of sp³-hybridized carbons (Fsp3) is 0.592. The number of pyridine rings is 1. The normalized spacial score (nSPS) is 22.9. The number of carbonyl (C=O) groups excluding carboxylic acids is 4. The van der Waals surface area contributed by atoms with E-state index in [9.17, 15) is 24.1 Å². The van der Waals surface area contributed by atoms with Gasteiger partial charge in [-0.2, -0.15) is 5.43 Å². The topological polar surface area (TPSA) is 196 Å². The molecule has 18 nitrogen and oxygen atoms in total. The van der Waals surface area contributed by atoms with Gasteiger partial charge in [0.1, 0.15) is 12.1 Å². The van der Waals surface area contributed by atoms with Crippen LogP contribution in [0, 0.1) is 16.2 Å². The van der Waals surface area contributed by atoms with Crippen molar-refractivity contribution in [2.24, 2.45) is 11.3 Å². The second kappa shape index (κ2) is 20.2. The van der Waals surface area contributed by atoms with Crippen molar-refractivity contribution in [1.82, 2.24) is 50.3 Å². The third-order valence-corrected chi connectivity index (χ3v) is 14.8. The molecule has 0 radical (unpaired) electrons. The third-order valence-electron chi connectivity index (χ3n) is 14.0. The molecule has 0 spiro atoms. The second-order valence-corrected chi connectivity index (χ2v) is 20.9. The number of hydrogen-bond acceptors (Lipinski definition) is 12. The molecule has 5 amide bonds. The smallest absolute Gasteiger partial charge is 0.326 e. The molecular weight excluding hydrogens is 887 g/mol. The SMILES string of the molecule is CCn1c(-c2cccnc2[C@H](C)OC)c2c3cc(ccc31)-c1csc(n1)C[C@H](NC(=O)[C@H](C(C)C)N(C)C(=O)N1CCC[C@H](N(C)C(=O)[C@@H]3CN3)C1)C(=O)N1CCC[C@H](N1)[N+](=O)OCC(C)(C)C2. The van der Waals surface area contributed by atoms with Crippen LogP contribution in [0.25, 0.3) is 33.4 Å². The van der Waals surface area contributed by atoms with E-state index in [1.807, 2.05) is 32.2 Å². The highest BCUT2D eigenvalue weighted by atomic mass is 32.1. The number of likely N-dealkylation sites (tertiary alicyclic amines) is 1. The van der Waals surface area contributed by atoms with Crippen LogP contribution in [0.2, 0.25) is 0 Å². The van der Waals surface area contributed by atoms with E-state index >= 15 is 0 Å². The number of urea groups is 1. The van der Waals surface area contributed by atoms with Crippen LogP contribution < -0.4 is 16.1 Å². The zero-order valence-corrected chi connectivity index (χ0v) is 41.7. The average Bonchev–Trinajstić information content (AvgIpc) is 4.02. The van der Waals surface area contributed by atoms with Crippen molar-refractivity contribution in [3.63, 3.8) is 0 Å². The van der Waals surface area contributed by atoms with Crippen molar-refractivity contribution in [2.75, 3.05) is 54.0 Å². The summed E-state index contributed by atoms with van der Waals surface area (Å²) >= 11 is 1.41. The maximum absolute atomic E-state index is 14.7. The Morgan fingerprint density at radius 1 is 1.12 bits per heavy atom. The highest BCUT2D eigenvalue weighted by Crippen LogP contribution is 2.42. The Kier molecular flexibility index (Phi) is 14.6. The molecule has 366 valence electrons. The molecule has 6 atom stereocenters. The number of hydrogen-bond donors (Lipinski definition) is 3. The zero-order valence-electron chi connectivity index (χ0n) is 40.9. The number of thiazole rings is 1. The van der Waals surface area contributed by atoms with Gasteiger partial charge in [-0.15, -0.1) is 11.3 Å². The Labute approximate surface area is 402 Å². The van der Waals surface area contributed by atoms with E-state index in [1.165, 1.54) is 21.2 Å². The number of piperidine rings is 1. The van der Waals surface area contributed by atoms with Gasteiger partial charge in [0.15, 0.2) is 6.61 Å². The van der Waals surface area contributed by atoms with E-state index in [2.05, 4.69) is 65.7 Å². The van der Waals surface area contributed by atoms with Crippen molar-refractivity contribution >= 4 is 46.0 Å². The predicted molar refractivity (Wildman–Crippen MR) is 259 cm³/mol. The molecule has 0 unspecified atom stereocenters. The first-order chi connectivity index (χ1) is 32.5. The number of nitrogens with one attached hydrogen (secondary N) is 3. The molecule has 1 aromatic carbocycles. The van der Waals surface area contributed by atoms with E-state index in [-0.39, 0.29) is 49.1 Å². The third kappa shape index (κ3) is 10.1. The largest absolute Gasteiger partial charge is 0.375 e. The lowest BCUT2D eigenvalue weighted by molar-refractivity contribution is -0.835. The van der Waals surface area contributed by atoms with E-state index in [0.29, 0.717) is 61.9 Å². The molecule has 3 aromatic heterocycles. The van der Waals surface area contributed by atoms with Crippen LogP contribution in [0.3, 0.4) is 0 Å². The van der Waals surface area contributed by atoms with Gasteiger partial charge < -0.3 is 34.6 Å². The van der Waals surface area contributed by atoms with Crippen molar-refractivity contribution in [2.45, 2.75) is 123 Å². The quantitative estimate of drug-likeness (QED) is 0.175. The van der Waals surface area contributed by atoms with E-state index in [0.717, 1.165) is 57.5 Å². The maximum Gasteiger partial charge on any atom is 0.326 e. The molecule has 7 heterocycles. The summed E-state index contributed by atoms with van der Waals surface area (Å²) in [5.41, 5.74) is 9.19. The Hall–Kier alpha value is -5.50. The number of rotatable bonds is 10. The predicted octanol–water partition coefficient (Wildman–Crippen LogP) is 5.30. The standard InChI is InChI=1S/C49H67N11O7S/c1-10-58-39-18-17-31-22-34(39)35(44(58)33-15-11-19-50-42(33)30(4)66-9)24-49(5,6)28-67-60(65)40-16-13-21-59(54-40)47(63)36(23-41-52-38(31)27-68-41)53-45(61)43(29(2)3)56(8)48(64)57-20-12-14-32(26-57)55(7)46(62)37-25-51-37/h11,15,17-19,22,27,29-30,32,36-37,40,43,51,54H,10,12-14,16,20-21,23-26,28H2,1-9H3/p+1/t30-,32-,36-,37-,40+,43-/m0/s1. The molecule has 6 bridgehead atoms. The number of methoxy groups -OCH3 is 1. The number of likely N-dealkylation sites (N-methyl/N-ethyl adjacent to an activating group) is 2. The lowest BCUT2D eigenvalue weighted by Gasteiger charge is -2.41. The summed E-state index contributed by atoms with van der Waals surface area (Å²) in [6.45, 7) is 14.6. The minimum absolute atomic E-state index is 0.0207. The highest BCUT2D eigenvalue weighted by molar-refractivity contribution is 7.10. The van der Waals surface area contributed by atoms with Gasteiger partial charge in [0.2, 0.25) is 16.7 Å². The second-order valence-electron chi connectivity index (χ2n) is 19.9. The Balaban J connectivity index is 1.13. The first-order valence-electron chi connectivity index (χ1n) is 24.1. The Bertz CT molecular complexity index is 2540. The van der Waals surface area contributed by atoms with Gasteiger partial charge in [-0.25, -0.2) is 14.6 Å². The number of fused-ring (bicyclic) bond motifs is 6.